The number of phenolic OH excluding ortho intramolecular Hbond substituents is 1. The van der Waals surface area contributed by atoms with Gasteiger partial charge in [-0.05, 0) is 43.1 Å². The van der Waals surface area contributed by atoms with E-state index < -0.39 is 11.6 Å². The van der Waals surface area contributed by atoms with Gasteiger partial charge in [0.1, 0.15) is 0 Å². The van der Waals surface area contributed by atoms with Gasteiger partial charge in [0.15, 0.2) is 17.3 Å². The van der Waals surface area contributed by atoms with Crippen molar-refractivity contribution in [2.24, 2.45) is 11.8 Å². The molecule has 102 valence electrons. The van der Waals surface area contributed by atoms with Crippen molar-refractivity contribution in [3.8, 4) is 5.75 Å². The van der Waals surface area contributed by atoms with Crippen LogP contribution in [0, 0.1) is 17.7 Å². The molecular formula is C14H17FN2O2. The van der Waals surface area contributed by atoms with E-state index in [-0.39, 0.29) is 5.78 Å². The van der Waals surface area contributed by atoms with Gasteiger partial charge in [-0.1, -0.05) is 0 Å². The van der Waals surface area contributed by atoms with E-state index >= 15 is 0 Å². The van der Waals surface area contributed by atoms with Crippen LogP contribution in [-0.2, 0) is 0 Å². The summed E-state index contributed by atoms with van der Waals surface area (Å²) in [4.78, 5) is 14.2. The van der Waals surface area contributed by atoms with Gasteiger partial charge in [-0.3, -0.25) is 9.69 Å². The molecule has 2 heterocycles. The van der Waals surface area contributed by atoms with Gasteiger partial charge in [0.2, 0.25) is 0 Å². The molecule has 0 saturated carbocycles. The number of benzene rings is 1. The lowest BCUT2D eigenvalue weighted by molar-refractivity contribution is 0.0941. The van der Waals surface area contributed by atoms with E-state index in [0.29, 0.717) is 23.9 Å². The van der Waals surface area contributed by atoms with Crippen molar-refractivity contribution >= 4 is 5.78 Å². The van der Waals surface area contributed by atoms with Gasteiger partial charge in [0, 0.05) is 18.7 Å². The summed E-state index contributed by atoms with van der Waals surface area (Å²) in [5.74, 6) is 0.0345. The van der Waals surface area contributed by atoms with E-state index in [0.717, 1.165) is 32.2 Å². The maximum atomic E-state index is 13.2. The Morgan fingerprint density at radius 1 is 1.37 bits per heavy atom. The van der Waals surface area contributed by atoms with Crippen molar-refractivity contribution in [3.63, 3.8) is 0 Å². The molecule has 0 amide bonds. The fraction of sp³-hybridized carbons (Fsp3) is 0.500. The summed E-state index contributed by atoms with van der Waals surface area (Å²) >= 11 is 0. The molecule has 2 fully saturated rings. The fourth-order valence-electron chi connectivity index (χ4n) is 3.06. The second-order valence-corrected chi connectivity index (χ2v) is 5.46. The molecule has 2 saturated heterocycles. The standard InChI is InChI=1S/C14H17FN2O2/c15-12-3-9(1-2-13(12)18)14(19)8-17-6-10-4-16-5-11(10)7-17/h1-3,10-11,16,18H,4-8H2/t10-,11+. The Hall–Kier alpha value is -1.46. The van der Waals surface area contributed by atoms with Gasteiger partial charge in [-0.15, -0.1) is 0 Å². The lowest BCUT2D eigenvalue weighted by Crippen LogP contribution is -2.31. The van der Waals surface area contributed by atoms with E-state index in [4.69, 9.17) is 5.11 Å². The number of likely N-dealkylation sites (tertiary alicyclic amines) is 1. The quantitative estimate of drug-likeness (QED) is 0.795. The normalized spacial score (nSPS) is 26.6. The molecule has 0 radical (unpaired) electrons. The predicted molar refractivity (Wildman–Crippen MR) is 68.7 cm³/mol. The maximum absolute atomic E-state index is 13.2. The predicted octanol–water partition coefficient (Wildman–Crippen LogP) is 0.865. The summed E-state index contributed by atoms with van der Waals surface area (Å²) in [6, 6.07) is 3.81. The molecule has 0 spiro atoms. The zero-order chi connectivity index (χ0) is 13.4. The Morgan fingerprint density at radius 2 is 2.05 bits per heavy atom. The molecule has 2 aliphatic heterocycles. The van der Waals surface area contributed by atoms with Gasteiger partial charge in [0.05, 0.1) is 6.54 Å². The van der Waals surface area contributed by atoms with Crippen LogP contribution in [0.5, 0.6) is 5.75 Å². The third-order valence-corrected chi connectivity index (χ3v) is 4.10. The molecule has 3 rings (SSSR count). The summed E-state index contributed by atoms with van der Waals surface area (Å²) in [5, 5.41) is 12.5. The van der Waals surface area contributed by atoms with Gasteiger partial charge in [0.25, 0.3) is 0 Å². The number of carbonyl (C=O) groups excluding carboxylic acids is 1. The molecule has 0 aliphatic carbocycles. The second kappa shape index (κ2) is 4.90. The van der Waals surface area contributed by atoms with Crippen LogP contribution in [0.15, 0.2) is 18.2 Å². The van der Waals surface area contributed by atoms with Gasteiger partial charge < -0.3 is 10.4 Å². The average Bonchev–Trinajstić information content (AvgIpc) is 2.93. The highest BCUT2D eigenvalue weighted by molar-refractivity contribution is 5.97. The number of Topliss-reactive ketones (excluding diaryl/α,β-unsaturated/α-hetero) is 1. The number of halogens is 1. The molecule has 19 heavy (non-hydrogen) atoms. The Bertz CT molecular complexity index is 494. The smallest absolute Gasteiger partial charge is 0.176 e. The number of fused-ring (bicyclic) bond motifs is 1. The number of hydrogen-bond donors (Lipinski definition) is 2. The monoisotopic (exact) mass is 264 g/mol. The minimum Gasteiger partial charge on any atom is -0.505 e. The molecule has 5 heteroatoms. The summed E-state index contributed by atoms with van der Waals surface area (Å²) in [5.41, 5.74) is 0.325. The molecule has 0 aromatic heterocycles. The van der Waals surface area contributed by atoms with Crippen LogP contribution in [0.3, 0.4) is 0 Å². The zero-order valence-corrected chi connectivity index (χ0v) is 10.6. The van der Waals surface area contributed by atoms with Crippen LogP contribution in [-0.4, -0.2) is 48.5 Å². The van der Waals surface area contributed by atoms with Crippen LogP contribution in [0.2, 0.25) is 0 Å². The Kier molecular flexibility index (Phi) is 3.24. The molecule has 2 aliphatic rings. The van der Waals surface area contributed by atoms with Crippen LogP contribution >= 0.6 is 0 Å². The Labute approximate surface area is 111 Å². The van der Waals surface area contributed by atoms with Gasteiger partial charge in [-0.25, -0.2) is 4.39 Å². The Balaban J connectivity index is 1.63. The van der Waals surface area contributed by atoms with Gasteiger partial charge in [-0.2, -0.15) is 0 Å². The summed E-state index contributed by atoms with van der Waals surface area (Å²) in [7, 11) is 0. The molecule has 2 N–H and O–H groups in total. The van der Waals surface area contributed by atoms with Gasteiger partial charge >= 0.3 is 0 Å². The summed E-state index contributed by atoms with van der Waals surface area (Å²) in [6.45, 7) is 4.26. The lowest BCUT2D eigenvalue weighted by atomic mass is 10.0. The summed E-state index contributed by atoms with van der Waals surface area (Å²) < 4.78 is 13.2. The molecule has 1 aromatic carbocycles. The first kappa shape index (κ1) is 12.6. The average molecular weight is 264 g/mol. The molecule has 0 unspecified atom stereocenters. The third-order valence-electron chi connectivity index (χ3n) is 4.10. The maximum Gasteiger partial charge on any atom is 0.176 e. The number of aromatic hydroxyl groups is 1. The van der Waals surface area contributed by atoms with Crippen LogP contribution in [0.1, 0.15) is 10.4 Å². The van der Waals surface area contributed by atoms with E-state index in [1.54, 1.807) is 0 Å². The van der Waals surface area contributed by atoms with E-state index in [2.05, 4.69) is 10.2 Å². The lowest BCUT2D eigenvalue weighted by Gasteiger charge is -2.15. The van der Waals surface area contributed by atoms with Crippen molar-refractivity contribution in [3.05, 3.63) is 29.6 Å². The number of carbonyl (C=O) groups is 1. The van der Waals surface area contributed by atoms with Crippen LogP contribution in [0.25, 0.3) is 0 Å². The van der Waals surface area contributed by atoms with E-state index in [1.807, 2.05) is 0 Å². The molecule has 4 nitrogen and oxygen atoms in total. The largest absolute Gasteiger partial charge is 0.505 e. The molecule has 0 bridgehead atoms. The minimum atomic E-state index is -0.742. The Morgan fingerprint density at radius 3 is 2.68 bits per heavy atom. The SMILES string of the molecule is O=C(CN1C[C@H]2CNC[C@H]2C1)c1ccc(O)c(F)c1. The number of nitrogens with zero attached hydrogens (tertiary/aromatic N) is 1. The number of rotatable bonds is 3. The van der Waals surface area contributed by atoms with Crippen molar-refractivity contribution < 1.29 is 14.3 Å². The first-order valence-corrected chi connectivity index (χ1v) is 6.58. The van der Waals surface area contributed by atoms with Crippen LogP contribution in [0.4, 0.5) is 4.39 Å². The molecule has 1 aromatic rings. The highest BCUT2D eigenvalue weighted by Gasteiger charge is 2.36. The highest BCUT2D eigenvalue weighted by Crippen LogP contribution is 2.26. The number of hydrogen-bond acceptors (Lipinski definition) is 4. The molecular weight excluding hydrogens is 247 g/mol. The number of ketones is 1. The van der Waals surface area contributed by atoms with E-state index in [1.165, 1.54) is 12.1 Å². The fourth-order valence-corrected chi connectivity index (χ4v) is 3.06. The van der Waals surface area contributed by atoms with E-state index in [9.17, 15) is 9.18 Å². The third kappa shape index (κ3) is 2.48. The van der Waals surface area contributed by atoms with Crippen molar-refractivity contribution in [1.29, 1.82) is 0 Å². The minimum absolute atomic E-state index is 0.0909. The van der Waals surface area contributed by atoms with Crippen molar-refractivity contribution in [1.82, 2.24) is 10.2 Å². The number of nitrogens with one attached hydrogen (secondary N) is 1. The second-order valence-electron chi connectivity index (χ2n) is 5.46. The van der Waals surface area contributed by atoms with Crippen molar-refractivity contribution in [2.45, 2.75) is 0 Å². The topological polar surface area (TPSA) is 52.6 Å². The van der Waals surface area contributed by atoms with Crippen molar-refractivity contribution in [2.75, 3.05) is 32.7 Å². The highest BCUT2D eigenvalue weighted by atomic mass is 19.1. The first-order valence-electron chi connectivity index (χ1n) is 6.58. The van der Waals surface area contributed by atoms with Crippen LogP contribution < -0.4 is 5.32 Å². The molecule has 2 atom stereocenters. The number of phenols is 1. The summed E-state index contributed by atoms with van der Waals surface area (Å²) in [6.07, 6.45) is 0. The first-order chi connectivity index (χ1) is 9.13. The zero-order valence-electron chi connectivity index (χ0n) is 10.6.